The second-order valence-electron chi connectivity index (χ2n) is 4.58. The molecular formula is C13H17ClN2O2. The molecular weight excluding hydrogens is 252 g/mol. The first-order valence-corrected chi connectivity index (χ1v) is 6.44. The summed E-state index contributed by atoms with van der Waals surface area (Å²) in [7, 11) is 1.78. The lowest BCUT2D eigenvalue weighted by atomic mass is 10.1. The molecule has 1 aliphatic heterocycles. The normalized spacial score (nSPS) is 19.6. The van der Waals surface area contributed by atoms with Crippen molar-refractivity contribution in [1.82, 2.24) is 10.2 Å². The van der Waals surface area contributed by atoms with E-state index in [-0.39, 0.29) is 17.7 Å². The number of hydrogen-bond donors (Lipinski definition) is 2. The molecule has 1 aromatic rings. The minimum atomic E-state index is -0.149. The van der Waals surface area contributed by atoms with Crippen LogP contribution in [0.1, 0.15) is 23.2 Å². The minimum absolute atomic E-state index is 0.0536. The summed E-state index contributed by atoms with van der Waals surface area (Å²) in [6.45, 7) is 1.81. The average molecular weight is 269 g/mol. The van der Waals surface area contributed by atoms with Crippen LogP contribution < -0.4 is 5.32 Å². The Morgan fingerprint density at radius 3 is 3.00 bits per heavy atom. The summed E-state index contributed by atoms with van der Waals surface area (Å²) in [6, 6.07) is 4.61. The van der Waals surface area contributed by atoms with Crippen molar-refractivity contribution in [2.45, 2.75) is 18.9 Å². The van der Waals surface area contributed by atoms with Crippen molar-refractivity contribution in [3.05, 3.63) is 28.8 Å². The molecule has 2 rings (SSSR count). The third kappa shape index (κ3) is 2.76. The summed E-state index contributed by atoms with van der Waals surface area (Å²) in [5, 5.41) is 13.1. The van der Waals surface area contributed by atoms with Gasteiger partial charge in [-0.1, -0.05) is 11.6 Å². The van der Waals surface area contributed by atoms with Gasteiger partial charge in [0.25, 0.3) is 5.91 Å². The van der Waals surface area contributed by atoms with E-state index >= 15 is 0 Å². The second-order valence-corrected chi connectivity index (χ2v) is 4.99. The maximum absolute atomic E-state index is 12.3. The van der Waals surface area contributed by atoms with E-state index in [9.17, 15) is 9.90 Å². The highest BCUT2D eigenvalue weighted by molar-refractivity contribution is 6.33. The fraction of sp³-hybridized carbons (Fsp3) is 0.462. The zero-order chi connectivity index (χ0) is 13.1. The summed E-state index contributed by atoms with van der Waals surface area (Å²) in [5.74, 6) is -0.0949. The van der Waals surface area contributed by atoms with E-state index in [1.54, 1.807) is 11.9 Å². The Labute approximate surface area is 112 Å². The average Bonchev–Trinajstić information content (AvgIpc) is 2.41. The van der Waals surface area contributed by atoms with Gasteiger partial charge in [-0.05, 0) is 37.6 Å². The number of hydrogen-bond acceptors (Lipinski definition) is 3. The molecule has 1 fully saturated rings. The van der Waals surface area contributed by atoms with Crippen molar-refractivity contribution < 1.29 is 9.90 Å². The van der Waals surface area contributed by atoms with Gasteiger partial charge in [-0.2, -0.15) is 0 Å². The van der Waals surface area contributed by atoms with Gasteiger partial charge in [-0.15, -0.1) is 0 Å². The van der Waals surface area contributed by atoms with Crippen LogP contribution in [0, 0.1) is 0 Å². The molecule has 0 bridgehead atoms. The number of aromatic hydroxyl groups is 1. The number of halogens is 1. The molecule has 1 heterocycles. The molecule has 4 nitrogen and oxygen atoms in total. The standard InChI is InChI=1S/C13H17ClN2O2/c1-16(9-3-2-6-15-8-9)13(18)11-7-10(17)4-5-12(11)14/h4-5,7,9,15,17H,2-3,6,8H2,1H3. The van der Waals surface area contributed by atoms with Gasteiger partial charge in [0.2, 0.25) is 0 Å². The molecule has 18 heavy (non-hydrogen) atoms. The van der Waals surface area contributed by atoms with Crippen molar-refractivity contribution in [1.29, 1.82) is 0 Å². The predicted molar refractivity (Wildman–Crippen MR) is 71.1 cm³/mol. The van der Waals surface area contributed by atoms with Crippen LogP contribution in [0.2, 0.25) is 5.02 Å². The van der Waals surface area contributed by atoms with E-state index in [4.69, 9.17) is 11.6 Å². The molecule has 0 aliphatic carbocycles. The highest BCUT2D eigenvalue weighted by Gasteiger charge is 2.24. The van der Waals surface area contributed by atoms with Gasteiger partial charge in [-0.3, -0.25) is 4.79 Å². The maximum Gasteiger partial charge on any atom is 0.255 e. The van der Waals surface area contributed by atoms with Gasteiger partial charge >= 0.3 is 0 Å². The van der Waals surface area contributed by atoms with Gasteiger partial charge in [0, 0.05) is 19.6 Å². The number of phenolic OH excluding ortho intramolecular Hbond substituents is 1. The third-order valence-corrected chi connectivity index (χ3v) is 3.65. The summed E-state index contributed by atoms with van der Waals surface area (Å²) in [6.07, 6.45) is 2.06. The highest BCUT2D eigenvalue weighted by Crippen LogP contribution is 2.23. The minimum Gasteiger partial charge on any atom is -0.508 e. The lowest BCUT2D eigenvalue weighted by Crippen LogP contribution is -2.46. The van der Waals surface area contributed by atoms with Crippen molar-refractivity contribution in [3.63, 3.8) is 0 Å². The zero-order valence-corrected chi connectivity index (χ0v) is 11.1. The van der Waals surface area contributed by atoms with Crippen LogP contribution in [0.5, 0.6) is 5.75 Å². The van der Waals surface area contributed by atoms with E-state index in [0.29, 0.717) is 10.6 Å². The Hall–Kier alpha value is -1.26. The van der Waals surface area contributed by atoms with Crippen LogP contribution in [0.3, 0.4) is 0 Å². The molecule has 1 atom stereocenters. The lowest BCUT2D eigenvalue weighted by Gasteiger charge is -2.32. The monoisotopic (exact) mass is 268 g/mol. The fourth-order valence-corrected chi connectivity index (χ4v) is 2.40. The summed E-state index contributed by atoms with van der Waals surface area (Å²) >= 11 is 6.00. The summed E-state index contributed by atoms with van der Waals surface area (Å²) in [4.78, 5) is 14.0. The van der Waals surface area contributed by atoms with E-state index in [1.165, 1.54) is 18.2 Å². The number of amides is 1. The number of phenols is 1. The summed E-state index contributed by atoms with van der Waals surface area (Å²) in [5.41, 5.74) is 0.352. The number of piperidine rings is 1. The zero-order valence-electron chi connectivity index (χ0n) is 10.3. The Morgan fingerprint density at radius 1 is 1.56 bits per heavy atom. The Kier molecular flexibility index (Phi) is 4.09. The smallest absolute Gasteiger partial charge is 0.255 e. The van der Waals surface area contributed by atoms with E-state index in [2.05, 4.69) is 5.32 Å². The van der Waals surface area contributed by atoms with E-state index < -0.39 is 0 Å². The summed E-state index contributed by atoms with van der Waals surface area (Å²) < 4.78 is 0. The number of carbonyl (C=O) groups is 1. The van der Waals surface area contributed by atoms with Crippen LogP contribution in [0.25, 0.3) is 0 Å². The number of likely N-dealkylation sites (N-methyl/N-ethyl adjacent to an activating group) is 1. The Morgan fingerprint density at radius 2 is 2.33 bits per heavy atom. The van der Waals surface area contributed by atoms with Crippen molar-refractivity contribution in [2.24, 2.45) is 0 Å². The maximum atomic E-state index is 12.3. The van der Waals surface area contributed by atoms with E-state index in [1.807, 2.05) is 0 Å². The number of carbonyl (C=O) groups excluding carboxylic acids is 1. The lowest BCUT2D eigenvalue weighted by molar-refractivity contribution is 0.0708. The SMILES string of the molecule is CN(C(=O)c1cc(O)ccc1Cl)C1CCCNC1. The molecule has 0 saturated carbocycles. The largest absolute Gasteiger partial charge is 0.508 e. The van der Waals surface area contributed by atoms with Gasteiger partial charge in [-0.25, -0.2) is 0 Å². The number of nitrogens with one attached hydrogen (secondary N) is 1. The molecule has 1 saturated heterocycles. The topological polar surface area (TPSA) is 52.6 Å². The first kappa shape index (κ1) is 13.2. The molecule has 1 amide bonds. The molecule has 0 aromatic heterocycles. The van der Waals surface area contributed by atoms with Crippen molar-refractivity contribution >= 4 is 17.5 Å². The second kappa shape index (κ2) is 5.59. The molecule has 2 N–H and O–H groups in total. The molecule has 1 aromatic carbocycles. The number of benzene rings is 1. The molecule has 98 valence electrons. The van der Waals surface area contributed by atoms with Crippen molar-refractivity contribution in [3.8, 4) is 5.75 Å². The van der Waals surface area contributed by atoms with Gasteiger partial charge in [0.05, 0.1) is 10.6 Å². The van der Waals surface area contributed by atoms with Gasteiger partial charge in [0.15, 0.2) is 0 Å². The molecule has 1 unspecified atom stereocenters. The van der Waals surface area contributed by atoms with Crippen LogP contribution in [0.4, 0.5) is 0 Å². The van der Waals surface area contributed by atoms with Crippen molar-refractivity contribution in [2.75, 3.05) is 20.1 Å². The number of nitrogens with zero attached hydrogens (tertiary/aromatic N) is 1. The predicted octanol–water partition coefficient (Wildman–Crippen LogP) is 1.87. The molecule has 5 heteroatoms. The first-order chi connectivity index (χ1) is 8.59. The van der Waals surface area contributed by atoms with Gasteiger partial charge in [0.1, 0.15) is 5.75 Å². The fourth-order valence-electron chi connectivity index (χ4n) is 2.20. The first-order valence-electron chi connectivity index (χ1n) is 6.06. The quantitative estimate of drug-likeness (QED) is 0.861. The number of rotatable bonds is 2. The molecule has 1 aliphatic rings. The Bertz CT molecular complexity index is 445. The third-order valence-electron chi connectivity index (χ3n) is 3.32. The highest BCUT2D eigenvalue weighted by atomic mass is 35.5. The Balaban J connectivity index is 2.16. The van der Waals surface area contributed by atoms with Crippen LogP contribution in [0.15, 0.2) is 18.2 Å². The van der Waals surface area contributed by atoms with Crippen LogP contribution in [-0.4, -0.2) is 42.1 Å². The molecule has 0 radical (unpaired) electrons. The molecule has 0 spiro atoms. The van der Waals surface area contributed by atoms with E-state index in [0.717, 1.165) is 25.9 Å². The van der Waals surface area contributed by atoms with Gasteiger partial charge < -0.3 is 15.3 Å². The van der Waals surface area contributed by atoms with Crippen LogP contribution >= 0.6 is 11.6 Å². The van der Waals surface area contributed by atoms with Crippen LogP contribution in [-0.2, 0) is 0 Å².